The van der Waals surface area contributed by atoms with Gasteiger partial charge in [-0.3, -0.25) is 0 Å². The molecule has 0 aliphatic rings. The van der Waals surface area contributed by atoms with Crippen LogP contribution in [0.25, 0.3) is 64.0 Å². The number of rotatable bonds is 2. The molecular weight excluding hydrogens is 428 g/mol. The maximum atomic E-state index is 2.36. The zero-order valence-corrected chi connectivity index (χ0v) is 19.7. The molecule has 6 aromatic carbocycles. The molecule has 0 fully saturated rings. The van der Waals surface area contributed by atoms with Crippen molar-refractivity contribution in [2.24, 2.45) is 0 Å². The Morgan fingerprint density at radius 3 is 2.15 bits per heavy atom. The van der Waals surface area contributed by atoms with Gasteiger partial charge in [-0.05, 0) is 79.5 Å². The Morgan fingerprint density at radius 1 is 0.471 bits per heavy atom. The van der Waals surface area contributed by atoms with Crippen LogP contribution < -0.4 is 0 Å². The van der Waals surface area contributed by atoms with Crippen LogP contribution in [0, 0.1) is 6.92 Å². The number of aryl methyl sites for hydroxylation is 1. The minimum absolute atomic E-state index is 1.26. The fraction of sp³-hybridized carbons (Fsp3) is 0.0303. The highest BCUT2D eigenvalue weighted by Crippen LogP contribution is 2.40. The first-order chi connectivity index (χ1) is 16.7. The van der Waals surface area contributed by atoms with Gasteiger partial charge in [0.1, 0.15) is 0 Å². The molecule has 160 valence electrons. The normalized spacial score (nSPS) is 11.7. The van der Waals surface area contributed by atoms with Gasteiger partial charge in [-0.25, -0.2) is 0 Å². The van der Waals surface area contributed by atoms with Crippen molar-refractivity contribution in [1.29, 1.82) is 0 Å². The average molecular weight is 451 g/mol. The predicted octanol–water partition coefficient (Wildman–Crippen LogP) is 10.0. The predicted molar refractivity (Wildman–Crippen MR) is 150 cm³/mol. The Bertz CT molecular complexity index is 1870. The van der Waals surface area contributed by atoms with Crippen LogP contribution in [0.15, 0.2) is 115 Å². The number of hydrogen-bond acceptors (Lipinski definition) is 1. The molecule has 0 nitrogen and oxygen atoms in total. The molecule has 0 bridgehead atoms. The third kappa shape index (κ3) is 3.05. The molecule has 1 aromatic heterocycles. The second kappa shape index (κ2) is 7.55. The van der Waals surface area contributed by atoms with E-state index in [4.69, 9.17) is 0 Å². The van der Waals surface area contributed by atoms with E-state index in [1.54, 1.807) is 0 Å². The van der Waals surface area contributed by atoms with E-state index >= 15 is 0 Å². The smallest absolute Gasteiger partial charge is 0.0427 e. The fourth-order valence-electron chi connectivity index (χ4n) is 5.22. The topological polar surface area (TPSA) is 0 Å². The fourth-order valence-corrected chi connectivity index (χ4v) is 6.41. The van der Waals surface area contributed by atoms with Gasteiger partial charge in [-0.1, -0.05) is 103 Å². The van der Waals surface area contributed by atoms with Gasteiger partial charge in [-0.15, -0.1) is 11.3 Å². The highest BCUT2D eigenvalue weighted by Gasteiger charge is 2.12. The minimum atomic E-state index is 1.26. The average Bonchev–Trinajstić information content (AvgIpc) is 3.33. The van der Waals surface area contributed by atoms with Crippen LogP contribution in [0.2, 0.25) is 0 Å². The molecule has 0 atom stereocenters. The number of thiophene rings is 1. The van der Waals surface area contributed by atoms with Crippen LogP contribution in [0.4, 0.5) is 0 Å². The first-order valence-electron chi connectivity index (χ1n) is 11.7. The van der Waals surface area contributed by atoms with Crippen molar-refractivity contribution in [1.82, 2.24) is 0 Å². The number of hydrogen-bond donors (Lipinski definition) is 0. The summed E-state index contributed by atoms with van der Waals surface area (Å²) in [6.45, 7) is 2.17. The summed E-state index contributed by atoms with van der Waals surface area (Å²) in [6.07, 6.45) is 0. The molecule has 7 rings (SSSR count). The largest absolute Gasteiger partial charge is 0.135 e. The van der Waals surface area contributed by atoms with Crippen LogP contribution >= 0.6 is 11.3 Å². The molecule has 0 amide bonds. The van der Waals surface area contributed by atoms with Crippen molar-refractivity contribution in [2.75, 3.05) is 0 Å². The monoisotopic (exact) mass is 450 g/mol. The summed E-state index contributed by atoms with van der Waals surface area (Å²) < 4.78 is 1.37. The van der Waals surface area contributed by atoms with Gasteiger partial charge < -0.3 is 0 Å². The zero-order valence-electron chi connectivity index (χ0n) is 18.9. The van der Waals surface area contributed by atoms with E-state index in [0.29, 0.717) is 0 Å². The molecule has 0 N–H and O–H groups in total. The maximum Gasteiger partial charge on any atom is 0.0427 e. The van der Waals surface area contributed by atoms with Gasteiger partial charge in [0.2, 0.25) is 0 Å². The Morgan fingerprint density at radius 2 is 1.24 bits per heavy atom. The van der Waals surface area contributed by atoms with Crippen molar-refractivity contribution in [2.45, 2.75) is 6.92 Å². The van der Waals surface area contributed by atoms with Gasteiger partial charge in [-0.2, -0.15) is 0 Å². The van der Waals surface area contributed by atoms with E-state index in [0.717, 1.165) is 0 Å². The van der Waals surface area contributed by atoms with Crippen molar-refractivity contribution in [3.63, 3.8) is 0 Å². The van der Waals surface area contributed by atoms with Crippen LogP contribution in [0.3, 0.4) is 0 Å². The van der Waals surface area contributed by atoms with Gasteiger partial charge in [0.05, 0.1) is 0 Å². The maximum absolute atomic E-state index is 2.36. The summed E-state index contributed by atoms with van der Waals surface area (Å²) in [5, 5.41) is 9.19. The summed E-state index contributed by atoms with van der Waals surface area (Å²) in [7, 11) is 0. The summed E-state index contributed by atoms with van der Waals surface area (Å²) in [6, 6.07) is 42.5. The quantitative estimate of drug-likeness (QED) is 0.230. The Labute approximate surface area is 202 Å². The van der Waals surface area contributed by atoms with Crippen LogP contribution in [-0.2, 0) is 0 Å². The molecule has 0 unspecified atom stereocenters. The van der Waals surface area contributed by atoms with E-state index in [2.05, 4.69) is 122 Å². The lowest BCUT2D eigenvalue weighted by Crippen LogP contribution is -1.86. The van der Waals surface area contributed by atoms with E-state index in [9.17, 15) is 0 Å². The van der Waals surface area contributed by atoms with Gasteiger partial charge in [0.25, 0.3) is 0 Å². The lowest BCUT2D eigenvalue weighted by molar-refractivity contribution is 1.51. The lowest BCUT2D eigenvalue weighted by atomic mass is 9.92. The second-order valence-corrected chi connectivity index (χ2v) is 10.1. The van der Waals surface area contributed by atoms with Gasteiger partial charge in [0, 0.05) is 9.58 Å². The molecule has 0 aliphatic heterocycles. The molecule has 1 heterocycles. The van der Waals surface area contributed by atoms with Gasteiger partial charge >= 0.3 is 0 Å². The van der Waals surface area contributed by atoms with Crippen molar-refractivity contribution < 1.29 is 0 Å². The van der Waals surface area contributed by atoms with Crippen molar-refractivity contribution >= 4 is 53.7 Å². The molecular formula is C33H22S. The zero-order chi connectivity index (χ0) is 22.6. The third-order valence-electron chi connectivity index (χ3n) is 6.88. The summed E-state index contributed by atoms with van der Waals surface area (Å²) in [5.41, 5.74) is 5.12. The second-order valence-electron chi connectivity index (χ2n) is 9.09. The van der Waals surface area contributed by atoms with Crippen molar-refractivity contribution in [3.8, 4) is 21.6 Å². The lowest BCUT2D eigenvalue weighted by Gasteiger charge is -2.12. The van der Waals surface area contributed by atoms with Gasteiger partial charge in [0.15, 0.2) is 0 Å². The van der Waals surface area contributed by atoms with E-state index in [1.807, 2.05) is 11.3 Å². The molecule has 7 aromatic rings. The van der Waals surface area contributed by atoms with Crippen molar-refractivity contribution in [3.05, 3.63) is 121 Å². The number of benzene rings is 6. The molecule has 0 radical (unpaired) electrons. The van der Waals surface area contributed by atoms with E-state index < -0.39 is 0 Å². The molecule has 0 spiro atoms. The Hall–Kier alpha value is -3.94. The van der Waals surface area contributed by atoms with E-state index in [-0.39, 0.29) is 0 Å². The van der Waals surface area contributed by atoms with Crippen LogP contribution in [0.5, 0.6) is 0 Å². The van der Waals surface area contributed by atoms with E-state index in [1.165, 1.54) is 69.5 Å². The summed E-state index contributed by atoms with van der Waals surface area (Å²) in [5.74, 6) is 0. The SMILES string of the molecule is Cc1ccc2c(c1)cc(-c1cccc(-c3cc4ccc5ccccc5c4s3)c1)c1ccccc12. The van der Waals surface area contributed by atoms with Crippen LogP contribution in [-0.4, -0.2) is 0 Å². The highest BCUT2D eigenvalue weighted by atomic mass is 32.1. The first kappa shape index (κ1) is 19.5. The molecule has 0 aliphatic carbocycles. The van der Waals surface area contributed by atoms with Crippen LogP contribution in [0.1, 0.15) is 5.56 Å². The Balaban J connectivity index is 1.44. The Kier molecular flexibility index (Phi) is 4.33. The molecule has 0 saturated carbocycles. The molecule has 1 heteroatoms. The first-order valence-corrected chi connectivity index (χ1v) is 12.5. The number of fused-ring (bicyclic) bond motifs is 6. The summed E-state index contributed by atoms with van der Waals surface area (Å²) >= 11 is 1.89. The summed E-state index contributed by atoms with van der Waals surface area (Å²) in [4.78, 5) is 1.31. The standard InChI is InChI=1S/C33H22S/c1-21-13-16-27-26(17-21)19-31(30-12-5-4-11-29(27)30)23-8-6-9-24(18-23)32-20-25-15-14-22-7-2-3-10-28(22)33(25)34-32/h2-20H,1H3. The third-order valence-corrected chi connectivity index (χ3v) is 8.11. The highest BCUT2D eigenvalue weighted by molar-refractivity contribution is 7.23. The molecule has 34 heavy (non-hydrogen) atoms. The minimum Gasteiger partial charge on any atom is -0.135 e. The molecule has 0 saturated heterocycles.